The zero-order valence-electron chi connectivity index (χ0n) is 12.5. The van der Waals surface area contributed by atoms with Crippen molar-refractivity contribution in [3.05, 3.63) is 28.8 Å². The molecule has 0 saturated carbocycles. The Morgan fingerprint density at radius 1 is 1.21 bits per heavy atom. The van der Waals surface area contributed by atoms with Gasteiger partial charge in [-0.25, -0.2) is 0 Å². The average molecular weight is 280 g/mol. The summed E-state index contributed by atoms with van der Waals surface area (Å²) in [7, 11) is 0. The lowest BCUT2D eigenvalue weighted by molar-refractivity contribution is -0.136. The molecule has 0 radical (unpaired) electrons. The van der Waals surface area contributed by atoms with E-state index in [-0.39, 0.29) is 6.42 Å². The van der Waals surface area contributed by atoms with Crippen LogP contribution in [0.5, 0.6) is 0 Å². The summed E-state index contributed by atoms with van der Waals surface area (Å²) in [6, 6.07) is 4.16. The molecule has 0 bridgehead atoms. The average Bonchev–Trinajstić information content (AvgIpc) is 2.23. The summed E-state index contributed by atoms with van der Waals surface area (Å²) in [6.07, 6.45) is 1.30. The van der Waals surface area contributed by atoms with Crippen LogP contribution in [0.1, 0.15) is 43.9 Å². The normalized spacial score (nSPS) is 12.7. The maximum Gasteiger partial charge on any atom is 0.307 e. The number of carboxylic acid groups (broad SMARTS) is 1. The molecule has 1 aromatic rings. The quantitative estimate of drug-likeness (QED) is 0.782. The summed E-state index contributed by atoms with van der Waals surface area (Å²) in [5.41, 5.74) is 3.18. The molecule has 0 saturated heterocycles. The molecule has 1 unspecified atom stereocenters. The summed E-state index contributed by atoms with van der Waals surface area (Å²) in [5.74, 6) is -0.0636. The van der Waals surface area contributed by atoms with E-state index >= 15 is 0 Å². The highest BCUT2D eigenvalue weighted by atomic mass is 32.2. The second kappa shape index (κ2) is 6.99. The lowest BCUT2D eigenvalue weighted by atomic mass is 10.0. The van der Waals surface area contributed by atoms with Gasteiger partial charge in [-0.1, -0.05) is 26.8 Å². The Kier molecular flexibility index (Phi) is 5.92. The van der Waals surface area contributed by atoms with Gasteiger partial charge in [0.25, 0.3) is 0 Å². The molecule has 1 N–H and O–H groups in total. The van der Waals surface area contributed by atoms with Crippen LogP contribution in [-0.4, -0.2) is 16.3 Å². The fourth-order valence-electron chi connectivity index (χ4n) is 2.26. The zero-order valence-corrected chi connectivity index (χ0v) is 13.3. The molecular formula is C16H24O2S. The van der Waals surface area contributed by atoms with Crippen molar-refractivity contribution in [2.24, 2.45) is 5.92 Å². The number of carboxylic acids is 1. The Hall–Kier alpha value is -0.960. The summed E-state index contributed by atoms with van der Waals surface area (Å²) in [5, 5.41) is 9.48. The number of rotatable bonds is 6. The van der Waals surface area contributed by atoms with Crippen LogP contribution in [0.4, 0.5) is 0 Å². The van der Waals surface area contributed by atoms with Gasteiger partial charge in [0.2, 0.25) is 0 Å². The van der Waals surface area contributed by atoms with Crippen LogP contribution >= 0.6 is 11.8 Å². The van der Waals surface area contributed by atoms with E-state index < -0.39 is 5.97 Å². The lowest BCUT2D eigenvalue weighted by Gasteiger charge is -2.16. The number of carbonyl (C=O) groups is 1. The first-order valence-electron chi connectivity index (χ1n) is 6.78. The molecule has 0 heterocycles. The molecule has 0 aliphatic heterocycles. The summed E-state index contributed by atoms with van der Waals surface area (Å²) >= 11 is 1.89. The molecular weight excluding hydrogens is 256 g/mol. The largest absolute Gasteiger partial charge is 0.481 e. The molecule has 0 aliphatic rings. The standard InChI is InChI=1S/C16H24O2S/c1-10(2)6-13(5)19-15-8-11(3)14(7-12(15)4)9-16(17)18/h7-8,10,13H,6,9H2,1-5H3,(H,17,18). The minimum Gasteiger partial charge on any atom is -0.481 e. The van der Waals surface area contributed by atoms with Gasteiger partial charge in [0, 0.05) is 10.1 Å². The van der Waals surface area contributed by atoms with Gasteiger partial charge in [0.15, 0.2) is 0 Å². The van der Waals surface area contributed by atoms with Crippen molar-refractivity contribution in [3.8, 4) is 0 Å². The van der Waals surface area contributed by atoms with Crippen LogP contribution in [0.3, 0.4) is 0 Å². The predicted octanol–water partition coefficient (Wildman–Crippen LogP) is 4.46. The topological polar surface area (TPSA) is 37.3 Å². The first-order chi connectivity index (χ1) is 8.79. The van der Waals surface area contributed by atoms with Crippen molar-refractivity contribution in [3.63, 3.8) is 0 Å². The molecule has 0 aliphatic carbocycles. The number of aliphatic carboxylic acids is 1. The molecule has 0 aromatic heterocycles. The third-order valence-corrected chi connectivity index (χ3v) is 4.40. The summed E-state index contributed by atoms with van der Waals surface area (Å²) in [4.78, 5) is 12.1. The van der Waals surface area contributed by atoms with Gasteiger partial charge in [-0.2, -0.15) is 0 Å². The van der Waals surface area contributed by atoms with E-state index in [9.17, 15) is 4.79 Å². The van der Waals surface area contributed by atoms with Gasteiger partial charge in [-0.3, -0.25) is 4.79 Å². The van der Waals surface area contributed by atoms with E-state index in [0.29, 0.717) is 11.2 Å². The van der Waals surface area contributed by atoms with E-state index in [4.69, 9.17) is 5.11 Å². The van der Waals surface area contributed by atoms with Gasteiger partial charge >= 0.3 is 5.97 Å². The van der Waals surface area contributed by atoms with Gasteiger partial charge in [0.05, 0.1) is 6.42 Å². The monoisotopic (exact) mass is 280 g/mol. The van der Waals surface area contributed by atoms with Crippen LogP contribution in [0.2, 0.25) is 0 Å². The summed E-state index contributed by atoms with van der Waals surface area (Å²) in [6.45, 7) is 10.8. The second-order valence-corrected chi connectivity index (χ2v) is 7.15. The van der Waals surface area contributed by atoms with Gasteiger partial charge < -0.3 is 5.11 Å². The highest BCUT2D eigenvalue weighted by molar-refractivity contribution is 8.00. The number of benzene rings is 1. The summed E-state index contributed by atoms with van der Waals surface area (Å²) < 4.78 is 0. The lowest BCUT2D eigenvalue weighted by Crippen LogP contribution is -2.04. The molecule has 1 atom stereocenters. The van der Waals surface area contributed by atoms with Crippen LogP contribution in [0.25, 0.3) is 0 Å². The highest BCUT2D eigenvalue weighted by Crippen LogP contribution is 2.31. The molecule has 0 spiro atoms. The number of hydrogen-bond acceptors (Lipinski definition) is 2. The van der Waals surface area contributed by atoms with Crippen molar-refractivity contribution in [2.75, 3.05) is 0 Å². The van der Waals surface area contributed by atoms with Crippen LogP contribution in [0, 0.1) is 19.8 Å². The van der Waals surface area contributed by atoms with E-state index in [1.807, 2.05) is 24.8 Å². The Labute approximate surface area is 120 Å². The van der Waals surface area contributed by atoms with Crippen molar-refractivity contribution in [1.82, 2.24) is 0 Å². The number of thioether (sulfide) groups is 1. The first kappa shape index (κ1) is 16.1. The van der Waals surface area contributed by atoms with Crippen molar-refractivity contribution >= 4 is 17.7 Å². The minimum absolute atomic E-state index is 0.110. The smallest absolute Gasteiger partial charge is 0.307 e. The minimum atomic E-state index is -0.768. The van der Waals surface area contributed by atoms with E-state index in [0.717, 1.165) is 11.1 Å². The molecule has 1 rings (SSSR count). The fraction of sp³-hybridized carbons (Fsp3) is 0.562. The van der Waals surface area contributed by atoms with E-state index in [1.54, 1.807) is 0 Å². The Morgan fingerprint density at radius 3 is 2.37 bits per heavy atom. The van der Waals surface area contributed by atoms with Gasteiger partial charge in [-0.05, 0) is 48.9 Å². The second-order valence-electron chi connectivity index (χ2n) is 5.67. The van der Waals surface area contributed by atoms with Crippen molar-refractivity contribution < 1.29 is 9.90 Å². The van der Waals surface area contributed by atoms with Crippen LogP contribution in [0.15, 0.2) is 17.0 Å². The molecule has 2 nitrogen and oxygen atoms in total. The SMILES string of the molecule is Cc1cc(SC(C)CC(C)C)c(C)cc1CC(=O)O. The van der Waals surface area contributed by atoms with Crippen molar-refractivity contribution in [2.45, 2.75) is 57.6 Å². The highest BCUT2D eigenvalue weighted by Gasteiger charge is 2.12. The zero-order chi connectivity index (χ0) is 14.6. The predicted molar refractivity (Wildman–Crippen MR) is 82.0 cm³/mol. The van der Waals surface area contributed by atoms with Crippen LogP contribution < -0.4 is 0 Å². The maximum absolute atomic E-state index is 10.8. The molecule has 0 fully saturated rings. The molecule has 3 heteroatoms. The van der Waals surface area contributed by atoms with E-state index in [1.165, 1.54) is 16.9 Å². The fourth-order valence-corrected chi connectivity index (χ4v) is 3.66. The molecule has 0 amide bonds. The number of aryl methyl sites for hydroxylation is 2. The molecule has 106 valence electrons. The van der Waals surface area contributed by atoms with Gasteiger partial charge in [0.1, 0.15) is 0 Å². The number of hydrogen-bond donors (Lipinski definition) is 1. The van der Waals surface area contributed by atoms with E-state index in [2.05, 4.69) is 33.8 Å². The Balaban J connectivity index is 2.86. The molecule has 19 heavy (non-hydrogen) atoms. The Bertz CT molecular complexity index is 452. The van der Waals surface area contributed by atoms with Crippen molar-refractivity contribution in [1.29, 1.82) is 0 Å². The third-order valence-electron chi connectivity index (χ3n) is 3.11. The first-order valence-corrected chi connectivity index (χ1v) is 7.66. The van der Waals surface area contributed by atoms with Gasteiger partial charge in [-0.15, -0.1) is 11.8 Å². The molecule has 1 aromatic carbocycles. The third kappa shape index (κ3) is 5.27. The van der Waals surface area contributed by atoms with Crippen LogP contribution in [-0.2, 0) is 11.2 Å². The maximum atomic E-state index is 10.8. The Morgan fingerprint density at radius 2 is 1.84 bits per heavy atom.